The van der Waals surface area contributed by atoms with Gasteiger partial charge < -0.3 is 4.90 Å². The fourth-order valence-electron chi connectivity index (χ4n) is 3.12. The fourth-order valence-corrected chi connectivity index (χ4v) is 3.34. The first-order chi connectivity index (χ1) is 10.8. The van der Waals surface area contributed by atoms with E-state index in [1.54, 1.807) is 6.20 Å². The number of aromatic nitrogens is 1. The Kier molecular flexibility index (Phi) is 2.99. The van der Waals surface area contributed by atoms with E-state index in [1.165, 1.54) is 5.56 Å². The monoisotopic (exact) mass is 305 g/mol. The summed E-state index contributed by atoms with van der Waals surface area (Å²) in [5.74, 6) is 0. The maximum absolute atomic E-state index is 9.51. The van der Waals surface area contributed by atoms with E-state index in [1.807, 2.05) is 24.3 Å². The molecule has 1 aliphatic heterocycles. The molecule has 0 unspecified atom stereocenters. The fraction of sp³-hybridized carbons (Fsp3) is 0.111. The minimum Gasteiger partial charge on any atom is -0.339 e. The van der Waals surface area contributed by atoms with Crippen LogP contribution in [0.4, 0.5) is 11.4 Å². The van der Waals surface area contributed by atoms with Crippen molar-refractivity contribution in [2.75, 3.05) is 11.4 Å². The molecule has 2 aromatic carbocycles. The predicted octanol–water partition coefficient (Wildman–Crippen LogP) is 4.45. The number of hydrogen-bond donors (Lipinski definition) is 0. The van der Waals surface area contributed by atoms with Gasteiger partial charge in [-0.25, -0.2) is 0 Å². The molecule has 1 aromatic heterocycles. The molecule has 0 saturated heterocycles. The molecule has 0 spiro atoms. The third-order valence-electron chi connectivity index (χ3n) is 4.10. The third-order valence-corrected chi connectivity index (χ3v) is 4.40. The van der Waals surface area contributed by atoms with Crippen LogP contribution in [0.15, 0.2) is 48.7 Å². The van der Waals surface area contributed by atoms with Gasteiger partial charge in [-0.15, -0.1) is 0 Å². The first-order valence-electron chi connectivity index (χ1n) is 7.12. The minimum absolute atomic E-state index is 0.575. The summed E-state index contributed by atoms with van der Waals surface area (Å²) >= 11 is 6.27. The second-order valence-corrected chi connectivity index (χ2v) is 5.71. The second kappa shape index (κ2) is 5.01. The number of anilines is 2. The van der Waals surface area contributed by atoms with E-state index in [9.17, 15) is 5.26 Å². The van der Waals surface area contributed by atoms with Gasteiger partial charge in [-0.2, -0.15) is 5.26 Å². The highest BCUT2D eigenvalue weighted by Crippen LogP contribution is 2.40. The summed E-state index contributed by atoms with van der Waals surface area (Å²) in [5, 5.41) is 11.0. The number of nitrogens with zero attached hydrogens (tertiary/aromatic N) is 3. The van der Waals surface area contributed by atoms with Crippen molar-refractivity contribution in [3.63, 3.8) is 0 Å². The summed E-state index contributed by atoms with van der Waals surface area (Å²) in [5.41, 5.74) is 4.68. The van der Waals surface area contributed by atoms with Crippen molar-refractivity contribution < 1.29 is 0 Å². The Morgan fingerprint density at radius 1 is 1.14 bits per heavy atom. The number of para-hydroxylation sites is 2. The minimum atomic E-state index is 0.575. The number of nitriles is 1. The summed E-state index contributed by atoms with van der Waals surface area (Å²) in [6, 6.07) is 16.3. The Labute approximate surface area is 133 Å². The van der Waals surface area contributed by atoms with Crippen molar-refractivity contribution in [1.82, 2.24) is 4.98 Å². The van der Waals surface area contributed by atoms with Crippen molar-refractivity contribution in [3.05, 3.63) is 64.8 Å². The van der Waals surface area contributed by atoms with E-state index in [2.05, 4.69) is 34.2 Å². The smallest absolute Gasteiger partial charge is 0.103 e. The number of benzene rings is 2. The molecule has 1 aliphatic rings. The van der Waals surface area contributed by atoms with Gasteiger partial charge in [0.15, 0.2) is 0 Å². The first kappa shape index (κ1) is 13.1. The van der Waals surface area contributed by atoms with Gasteiger partial charge in [0.1, 0.15) is 6.07 Å². The molecule has 2 heterocycles. The average Bonchev–Trinajstić information content (AvgIpc) is 2.98. The van der Waals surface area contributed by atoms with Crippen LogP contribution in [0.5, 0.6) is 0 Å². The summed E-state index contributed by atoms with van der Waals surface area (Å²) in [6.45, 7) is 0.861. The number of rotatable bonds is 1. The maximum atomic E-state index is 9.51. The standard InChI is InChI=1S/C18H12ClN3/c19-15-6-3-5-14-17(15)21-11-13(10-20)18(14)22-9-8-12-4-1-2-7-16(12)22/h1-7,11H,8-9H2. The molecule has 0 fully saturated rings. The molecule has 0 amide bonds. The normalized spacial score (nSPS) is 13.2. The van der Waals surface area contributed by atoms with E-state index in [4.69, 9.17) is 11.6 Å². The zero-order valence-corrected chi connectivity index (χ0v) is 12.5. The van der Waals surface area contributed by atoms with Crippen molar-refractivity contribution in [2.24, 2.45) is 0 Å². The molecule has 0 atom stereocenters. The summed E-state index contributed by atoms with van der Waals surface area (Å²) < 4.78 is 0. The highest BCUT2D eigenvalue weighted by atomic mass is 35.5. The van der Waals surface area contributed by atoms with Crippen LogP contribution in [0.1, 0.15) is 11.1 Å². The Morgan fingerprint density at radius 3 is 2.86 bits per heavy atom. The molecular formula is C18H12ClN3. The molecule has 106 valence electrons. The third kappa shape index (κ3) is 1.85. The number of pyridine rings is 1. The summed E-state index contributed by atoms with van der Waals surface area (Å²) in [4.78, 5) is 6.56. The SMILES string of the molecule is N#Cc1cnc2c(Cl)cccc2c1N1CCc2ccccc21. The molecule has 0 bridgehead atoms. The molecule has 4 heteroatoms. The average molecular weight is 306 g/mol. The highest BCUT2D eigenvalue weighted by Gasteiger charge is 2.24. The van der Waals surface area contributed by atoms with Crippen LogP contribution in [0.25, 0.3) is 10.9 Å². The quantitative estimate of drug-likeness (QED) is 0.666. The van der Waals surface area contributed by atoms with Crippen LogP contribution in [-0.2, 0) is 6.42 Å². The van der Waals surface area contributed by atoms with Crippen molar-refractivity contribution in [1.29, 1.82) is 5.26 Å². The van der Waals surface area contributed by atoms with E-state index >= 15 is 0 Å². The Bertz CT molecular complexity index is 927. The second-order valence-electron chi connectivity index (χ2n) is 5.30. The first-order valence-corrected chi connectivity index (χ1v) is 7.50. The van der Waals surface area contributed by atoms with Crippen LogP contribution in [0.3, 0.4) is 0 Å². The molecule has 0 saturated carbocycles. The highest BCUT2D eigenvalue weighted by molar-refractivity contribution is 6.35. The molecular weight excluding hydrogens is 294 g/mol. The van der Waals surface area contributed by atoms with Gasteiger partial charge in [-0.3, -0.25) is 4.98 Å². The molecule has 0 aliphatic carbocycles. The topological polar surface area (TPSA) is 39.9 Å². The maximum Gasteiger partial charge on any atom is 0.103 e. The van der Waals surface area contributed by atoms with Gasteiger partial charge in [0.05, 0.1) is 21.8 Å². The number of halogens is 1. The lowest BCUT2D eigenvalue weighted by Crippen LogP contribution is -2.15. The van der Waals surface area contributed by atoms with Gasteiger partial charge in [0.2, 0.25) is 0 Å². The number of fused-ring (bicyclic) bond motifs is 2. The van der Waals surface area contributed by atoms with Gasteiger partial charge in [-0.05, 0) is 24.1 Å². The molecule has 0 N–H and O–H groups in total. The van der Waals surface area contributed by atoms with Crippen LogP contribution < -0.4 is 4.90 Å². The largest absolute Gasteiger partial charge is 0.339 e. The Hall–Kier alpha value is -2.57. The van der Waals surface area contributed by atoms with Crippen molar-refractivity contribution in [2.45, 2.75) is 6.42 Å². The van der Waals surface area contributed by atoms with Crippen LogP contribution >= 0.6 is 11.6 Å². The molecule has 3 nitrogen and oxygen atoms in total. The van der Waals surface area contributed by atoms with Gasteiger partial charge >= 0.3 is 0 Å². The number of hydrogen-bond acceptors (Lipinski definition) is 3. The molecule has 22 heavy (non-hydrogen) atoms. The van der Waals surface area contributed by atoms with Crippen LogP contribution in [-0.4, -0.2) is 11.5 Å². The zero-order valence-electron chi connectivity index (χ0n) is 11.8. The lowest BCUT2D eigenvalue weighted by atomic mass is 10.1. The summed E-state index contributed by atoms with van der Waals surface area (Å²) in [6.07, 6.45) is 2.59. The zero-order chi connectivity index (χ0) is 15.1. The predicted molar refractivity (Wildman–Crippen MR) is 88.6 cm³/mol. The molecule has 4 rings (SSSR count). The lowest BCUT2D eigenvalue weighted by molar-refractivity contribution is 0.999. The lowest BCUT2D eigenvalue weighted by Gasteiger charge is -2.22. The van der Waals surface area contributed by atoms with Crippen LogP contribution in [0.2, 0.25) is 5.02 Å². The van der Waals surface area contributed by atoms with Gasteiger partial charge in [-0.1, -0.05) is 41.9 Å². The van der Waals surface area contributed by atoms with Crippen LogP contribution in [0, 0.1) is 11.3 Å². The Balaban J connectivity index is 2.03. The molecule has 0 radical (unpaired) electrons. The van der Waals surface area contributed by atoms with E-state index < -0.39 is 0 Å². The van der Waals surface area contributed by atoms with Crippen molar-refractivity contribution >= 4 is 33.9 Å². The Morgan fingerprint density at radius 2 is 2.00 bits per heavy atom. The summed E-state index contributed by atoms with van der Waals surface area (Å²) in [7, 11) is 0. The van der Waals surface area contributed by atoms with E-state index in [0.29, 0.717) is 10.6 Å². The van der Waals surface area contributed by atoms with E-state index in [0.717, 1.165) is 35.2 Å². The molecule has 3 aromatic rings. The van der Waals surface area contributed by atoms with Crippen molar-refractivity contribution in [3.8, 4) is 6.07 Å². The van der Waals surface area contributed by atoms with E-state index in [-0.39, 0.29) is 0 Å². The van der Waals surface area contributed by atoms with Gasteiger partial charge in [0, 0.05) is 23.8 Å². The van der Waals surface area contributed by atoms with Gasteiger partial charge in [0.25, 0.3) is 0 Å².